The van der Waals surface area contributed by atoms with Crippen LogP contribution in [0.1, 0.15) is 37.7 Å². The van der Waals surface area contributed by atoms with Gasteiger partial charge < -0.3 is 5.32 Å². The Morgan fingerprint density at radius 2 is 2.24 bits per heavy atom. The predicted octanol–water partition coefficient (Wildman–Crippen LogP) is 4.50. The smallest absolute Gasteiger partial charge is 0.244 e. The van der Waals surface area contributed by atoms with Crippen molar-refractivity contribution < 1.29 is 9.18 Å². The van der Waals surface area contributed by atoms with Crippen molar-refractivity contribution in [1.29, 1.82) is 0 Å². The topological polar surface area (TPSA) is 29.1 Å². The van der Waals surface area contributed by atoms with Gasteiger partial charge in [-0.3, -0.25) is 4.79 Å². The lowest BCUT2D eigenvalue weighted by Crippen LogP contribution is -2.22. The Balaban J connectivity index is 1.81. The monoisotopic (exact) mass is 307 g/mol. The average Bonchev–Trinajstić information content (AvgIpc) is 2.48. The zero-order valence-electron chi connectivity index (χ0n) is 11.9. The first kappa shape index (κ1) is 15.8. The highest BCUT2D eigenvalue weighted by atomic mass is 35.5. The third-order valence-corrected chi connectivity index (χ3v) is 3.86. The molecule has 0 atom stereocenters. The van der Waals surface area contributed by atoms with Crippen LogP contribution in [0.5, 0.6) is 0 Å². The summed E-state index contributed by atoms with van der Waals surface area (Å²) in [5, 5.41) is 3.10. The number of hydrogen-bond donors (Lipinski definition) is 1. The van der Waals surface area contributed by atoms with Gasteiger partial charge >= 0.3 is 0 Å². The summed E-state index contributed by atoms with van der Waals surface area (Å²) in [7, 11) is 0. The summed E-state index contributed by atoms with van der Waals surface area (Å²) >= 11 is 5.89. The molecule has 0 heterocycles. The molecule has 0 unspecified atom stereocenters. The molecule has 2 rings (SSSR count). The van der Waals surface area contributed by atoms with Crippen LogP contribution in [0, 0.1) is 5.82 Å². The lowest BCUT2D eigenvalue weighted by Gasteiger charge is -2.12. The number of benzene rings is 1. The molecule has 0 aliphatic heterocycles. The van der Waals surface area contributed by atoms with Crippen LogP contribution in [0.15, 0.2) is 35.9 Å². The number of amides is 1. The molecule has 1 amide bonds. The SMILES string of the molecule is O=C(C=Cc1c(F)cccc1Cl)NCCC1=CCCCC1. The number of rotatable bonds is 5. The van der Waals surface area contributed by atoms with E-state index in [0.717, 1.165) is 19.3 Å². The summed E-state index contributed by atoms with van der Waals surface area (Å²) in [4.78, 5) is 11.7. The minimum absolute atomic E-state index is 0.231. The Morgan fingerprint density at radius 1 is 1.38 bits per heavy atom. The van der Waals surface area contributed by atoms with Crippen molar-refractivity contribution in [2.75, 3.05) is 6.54 Å². The number of hydrogen-bond acceptors (Lipinski definition) is 1. The first-order valence-electron chi connectivity index (χ1n) is 7.24. The summed E-state index contributed by atoms with van der Waals surface area (Å²) in [6.45, 7) is 0.611. The minimum Gasteiger partial charge on any atom is -0.352 e. The van der Waals surface area contributed by atoms with Crippen molar-refractivity contribution in [3.8, 4) is 0 Å². The van der Waals surface area contributed by atoms with Gasteiger partial charge in [0.05, 0.1) is 5.02 Å². The largest absolute Gasteiger partial charge is 0.352 e. The van der Waals surface area contributed by atoms with Crippen molar-refractivity contribution in [2.45, 2.75) is 32.1 Å². The molecule has 4 heteroatoms. The van der Waals surface area contributed by atoms with Crippen molar-refractivity contribution in [3.05, 3.63) is 52.3 Å². The van der Waals surface area contributed by atoms with E-state index in [-0.39, 0.29) is 11.5 Å². The standard InChI is InChI=1S/C17H19ClFNO/c18-15-7-4-8-16(19)14(15)9-10-17(21)20-12-11-13-5-2-1-3-6-13/h4-5,7-10H,1-3,6,11-12H2,(H,20,21). The van der Waals surface area contributed by atoms with Crippen molar-refractivity contribution >= 4 is 23.6 Å². The van der Waals surface area contributed by atoms with Gasteiger partial charge in [-0.1, -0.05) is 29.3 Å². The molecule has 1 N–H and O–H groups in total. The molecule has 0 saturated carbocycles. The van der Waals surface area contributed by atoms with Crippen LogP contribution >= 0.6 is 11.6 Å². The molecule has 1 aromatic carbocycles. The Labute approximate surface area is 129 Å². The maximum atomic E-state index is 13.5. The molecule has 1 aliphatic rings. The molecular weight excluding hydrogens is 289 g/mol. The molecule has 0 saturated heterocycles. The number of allylic oxidation sites excluding steroid dienone is 1. The zero-order valence-corrected chi connectivity index (χ0v) is 12.6. The van der Waals surface area contributed by atoms with Crippen molar-refractivity contribution in [3.63, 3.8) is 0 Å². The normalized spacial score (nSPS) is 15.0. The number of nitrogens with one attached hydrogen (secondary N) is 1. The van der Waals surface area contributed by atoms with Gasteiger partial charge in [-0.2, -0.15) is 0 Å². The van der Waals surface area contributed by atoms with E-state index in [0.29, 0.717) is 11.6 Å². The van der Waals surface area contributed by atoms with Crippen LogP contribution < -0.4 is 5.32 Å². The molecule has 2 nitrogen and oxygen atoms in total. The molecule has 0 fully saturated rings. The third kappa shape index (κ3) is 5.01. The van der Waals surface area contributed by atoms with Gasteiger partial charge in [0.1, 0.15) is 5.82 Å². The molecular formula is C17H19ClFNO. The maximum absolute atomic E-state index is 13.5. The molecule has 0 radical (unpaired) electrons. The van der Waals surface area contributed by atoms with E-state index >= 15 is 0 Å². The molecule has 1 aromatic rings. The van der Waals surface area contributed by atoms with Gasteiger partial charge in [-0.25, -0.2) is 4.39 Å². The van der Waals surface area contributed by atoms with Crippen molar-refractivity contribution in [2.24, 2.45) is 0 Å². The van der Waals surface area contributed by atoms with Gasteiger partial charge in [0.25, 0.3) is 0 Å². The maximum Gasteiger partial charge on any atom is 0.244 e. The molecule has 0 spiro atoms. The Kier molecular flexibility index (Phi) is 6.00. The van der Waals surface area contributed by atoms with E-state index in [1.54, 1.807) is 6.07 Å². The second kappa shape index (κ2) is 7.99. The number of carbonyl (C=O) groups excluding carboxylic acids is 1. The number of carbonyl (C=O) groups is 1. The molecule has 21 heavy (non-hydrogen) atoms. The summed E-state index contributed by atoms with van der Waals surface area (Å²) in [6.07, 6.45) is 10.7. The fourth-order valence-corrected chi connectivity index (χ4v) is 2.59. The Morgan fingerprint density at radius 3 is 2.95 bits per heavy atom. The molecule has 112 valence electrons. The average molecular weight is 308 g/mol. The van der Waals surface area contributed by atoms with Gasteiger partial charge in [0, 0.05) is 18.2 Å². The summed E-state index contributed by atoms with van der Waals surface area (Å²) in [6, 6.07) is 4.45. The quantitative estimate of drug-likeness (QED) is 0.630. The van der Waals surface area contributed by atoms with Crippen LogP contribution in [0.4, 0.5) is 4.39 Å². The lowest BCUT2D eigenvalue weighted by molar-refractivity contribution is -0.116. The highest BCUT2D eigenvalue weighted by Crippen LogP contribution is 2.20. The zero-order chi connectivity index (χ0) is 15.1. The summed E-state index contributed by atoms with van der Waals surface area (Å²) in [5.41, 5.74) is 1.66. The Bertz CT molecular complexity index is 546. The van der Waals surface area contributed by atoms with Gasteiger partial charge in [0.2, 0.25) is 5.91 Å². The van der Waals surface area contributed by atoms with E-state index in [4.69, 9.17) is 11.6 Å². The molecule has 1 aliphatic carbocycles. The first-order valence-corrected chi connectivity index (χ1v) is 7.62. The third-order valence-electron chi connectivity index (χ3n) is 3.53. The van der Waals surface area contributed by atoms with E-state index in [2.05, 4.69) is 11.4 Å². The van der Waals surface area contributed by atoms with Crippen LogP contribution in [0.3, 0.4) is 0 Å². The second-order valence-electron chi connectivity index (χ2n) is 5.12. The fourth-order valence-electron chi connectivity index (χ4n) is 2.37. The van der Waals surface area contributed by atoms with Gasteiger partial charge in [-0.15, -0.1) is 0 Å². The lowest BCUT2D eigenvalue weighted by atomic mass is 9.97. The first-order chi connectivity index (χ1) is 10.2. The molecule has 0 aromatic heterocycles. The van der Waals surface area contributed by atoms with Crippen LogP contribution in [-0.4, -0.2) is 12.5 Å². The van der Waals surface area contributed by atoms with Crippen LogP contribution in [0.2, 0.25) is 5.02 Å². The predicted molar refractivity (Wildman–Crippen MR) is 84.6 cm³/mol. The number of halogens is 2. The van der Waals surface area contributed by atoms with Gasteiger partial charge in [0.15, 0.2) is 0 Å². The minimum atomic E-state index is -0.432. The molecule has 0 bridgehead atoms. The van der Waals surface area contributed by atoms with E-state index < -0.39 is 5.82 Å². The summed E-state index contributed by atoms with van der Waals surface area (Å²) < 4.78 is 13.5. The highest BCUT2D eigenvalue weighted by molar-refractivity contribution is 6.32. The van der Waals surface area contributed by atoms with Crippen LogP contribution in [-0.2, 0) is 4.79 Å². The van der Waals surface area contributed by atoms with E-state index in [9.17, 15) is 9.18 Å². The Hall–Kier alpha value is -1.61. The fraction of sp³-hybridized carbons (Fsp3) is 0.353. The highest BCUT2D eigenvalue weighted by Gasteiger charge is 2.05. The van der Waals surface area contributed by atoms with E-state index in [1.165, 1.54) is 42.7 Å². The second-order valence-corrected chi connectivity index (χ2v) is 5.53. The van der Waals surface area contributed by atoms with Crippen LogP contribution in [0.25, 0.3) is 6.08 Å². The van der Waals surface area contributed by atoms with E-state index in [1.807, 2.05) is 0 Å². The van der Waals surface area contributed by atoms with Gasteiger partial charge in [-0.05, 0) is 50.3 Å². The van der Waals surface area contributed by atoms with Crippen molar-refractivity contribution in [1.82, 2.24) is 5.32 Å². The summed E-state index contributed by atoms with van der Waals surface area (Å²) in [5.74, 6) is -0.662.